The van der Waals surface area contributed by atoms with Crippen molar-refractivity contribution in [2.45, 2.75) is 6.42 Å². The lowest BCUT2D eigenvalue weighted by Gasteiger charge is -2.27. The minimum atomic E-state index is -0.442. The molecular weight excluding hydrogens is 308 g/mol. The van der Waals surface area contributed by atoms with Crippen LogP contribution in [0.5, 0.6) is 0 Å². The molecule has 1 rings (SSSR count). The molecule has 1 aliphatic heterocycles. The van der Waals surface area contributed by atoms with Crippen molar-refractivity contribution < 1.29 is 14.3 Å². The zero-order chi connectivity index (χ0) is 14.3. The number of hydrogen-bond acceptors (Lipinski definition) is 6. The Bertz CT molecular complexity index is 401. The van der Waals surface area contributed by atoms with Crippen LogP contribution in [-0.4, -0.2) is 41.5 Å². The Morgan fingerprint density at radius 2 is 2.47 bits per heavy atom. The number of ether oxygens (including phenoxy) is 1. The normalized spacial score (nSPS) is 16.9. The van der Waals surface area contributed by atoms with Crippen LogP contribution in [0.3, 0.4) is 0 Å². The molecule has 1 aliphatic rings. The summed E-state index contributed by atoms with van der Waals surface area (Å²) in [5.74, 6) is 0.766. The van der Waals surface area contributed by atoms with Crippen LogP contribution in [0.25, 0.3) is 0 Å². The first-order valence-corrected chi connectivity index (χ1v) is 7.71. The number of halogens is 1. The Morgan fingerprint density at radius 3 is 3.05 bits per heavy atom. The molecule has 1 N–H and O–H groups in total. The van der Waals surface area contributed by atoms with Crippen molar-refractivity contribution in [1.82, 2.24) is 10.4 Å². The summed E-state index contributed by atoms with van der Waals surface area (Å²) in [6.07, 6.45) is 1.93. The Kier molecular flexibility index (Phi) is 7.37. The van der Waals surface area contributed by atoms with E-state index in [-0.39, 0.29) is 5.24 Å². The molecule has 8 heteroatoms. The molecule has 5 nitrogen and oxygen atoms in total. The lowest BCUT2D eigenvalue weighted by atomic mass is 10.3. The van der Waals surface area contributed by atoms with Gasteiger partial charge in [-0.25, -0.2) is 10.2 Å². The lowest BCUT2D eigenvalue weighted by Crippen LogP contribution is -2.46. The van der Waals surface area contributed by atoms with Gasteiger partial charge in [0.15, 0.2) is 0 Å². The second-order valence-electron chi connectivity index (χ2n) is 3.46. The summed E-state index contributed by atoms with van der Waals surface area (Å²) in [7, 11) is 1.31. The number of nitrogens with zero attached hydrogens (tertiary/aromatic N) is 1. The topological polar surface area (TPSA) is 58.6 Å². The monoisotopic (exact) mass is 322 g/mol. The molecule has 106 valence electrons. The molecule has 0 spiro atoms. The van der Waals surface area contributed by atoms with E-state index in [2.05, 4.69) is 16.7 Å². The standard InChI is InChI=1S/C11H15ClN2O3S2/c1-3-8(12)9(19-11(16)17-2)4-6-14-10(15)18-7-5-13-14/h3,13H,1,4-7H2,2H3/b9-8+. The maximum Gasteiger partial charge on any atom is 0.371 e. The zero-order valence-electron chi connectivity index (χ0n) is 10.5. The fourth-order valence-electron chi connectivity index (χ4n) is 1.32. The first-order valence-electron chi connectivity index (χ1n) is 5.53. The molecule has 1 fully saturated rings. The van der Waals surface area contributed by atoms with Crippen LogP contribution in [0.2, 0.25) is 0 Å². The van der Waals surface area contributed by atoms with Crippen molar-refractivity contribution in [2.24, 2.45) is 0 Å². The summed E-state index contributed by atoms with van der Waals surface area (Å²) >= 11 is 8.17. The number of nitrogens with one attached hydrogen (secondary N) is 1. The Labute approximate surface area is 125 Å². The van der Waals surface area contributed by atoms with Gasteiger partial charge in [0, 0.05) is 23.7 Å². The van der Waals surface area contributed by atoms with E-state index in [1.807, 2.05) is 0 Å². The van der Waals surface area contributed by atoms with Gasteiger partial charge in [0.2, 0.25) is 0 Å². The minimum absolute atomic E-state index is 0.0246. The average molecular weight is 323 g/mol. The summed E-state index contributed by atoms with van der Waals surface area (Å²) in [6.45, 7) is 4.75. The molecule has 1 amide bonds. The predicted octanol–water partition coefficient (Wildman–Crippen LogP) is 3.19. The van der Waals surface area contributed by atoms with Gasteiger partial charge < -0.3 is 4.74 Å². The highest BCUT2D eigenvalue weighted by Gasteiger charge is 2.20. The maximum absolute atomic E-state index is 11.6. The van der Waals surface area contributed by atoms with Crippen LogP contribution in [0.1, 0.15) is 6.42 Å². The Balaban J connectivity index is 2.60. The second kappa shape index (κ2) is 8.52. The first-order chi connectivity index (χ1) is 9.08. The van der Waals surface area contributed by atoms with E-state index < -0.39 is 5.30 Å². The molecule has 1 saturated heterocycles. The van der Waals surface area contributed by atoms with Crippen LogP contribution in [0.4, 0.5) is 9.59 Å². The average Bonchev–Trinajstić information content (AvgIpc) is 2.43. The second-order valence-corrected chi connectivity index (χ2v) is 5.94. The van der Waals surface area contributed by atoms with Crippen molar-refractivity contribution in [2.75, 3.05) is 26.0 Å². The number of methoxy groups -OCH3 is 1. The van der Waals surface area contributed by atoms with Crippen LogP contribution >= 0.6 is 35.1 Å². The molecule has 0 aromatic heterocycles. The minimum Gasteiger partial charge on any atom is -0.461 e. The SMILES string of the molecule is C=C/C(Cl)=C(/CCN1NCCSC1=O)SC(=O)OC. The molecule has 0 saturated carbocycles. The third-order valence-corrected chi connectivity index (χ3v) is 4.61. The first kappa shape index (κ1) is 16.4. The molecule has 0 aliphatic carbocycles. The van der Waals surface area contributed by atoms with E-state index in [4.69, 9.17) is 11.6 Å². The van der Waals surface area contributed by atoms with Crippen molar-refractivity contribution in [3.05, 3.63) is 22.6 Å². The van der Waals surface area contributed by atoms with Gasteiger partial charge in [-0.15, -0.1) is 0 Å². The van der Waals surface area contributed by atoms with E-state index in [0.717, 1.165) is 24.1 Å². The highest BCUT2D eigenvalue weighted by molar-refractivity contribution is 8.16. The molecule has 0 atom stereocenters. The summed E-state index contributed by atoms with van der Waals surface area (Å²) in [5.41, 5.74) is 2.99. The van der Waals surface area contributed by atoms with Gasteiger partial charge in [-0.05, 0) is 24.3 Å². The lowest BCUT2D eigenvalue weighted by molar-refractivity contribution is 0.196. The molecule has 0 aromatic rings. The van der Waals surface area contributed by atoms with Gasteiger partial charge >= 0.3 is 5.30 Å². The van der Waals surface area contributed by atoms with E-state index in [0.29, 0.717) is 22.9 Å². The molecule has 19 heavy (non-hydrogen) atoms. The molecular formula is C11H15ClN2O3S2. The van der Waals surface area contributed by atoms with Crippen molar-refractivity contribution in [3.8, 4) is 0 Å². The summed E-state index contributed by atoms with van der Waals surface area (Å²) in [5, 5.41) is 1.46. The Morgan fingerprint density at radius 1 is 1.74 bits per heavy atom. The van der Waals surface area contributed by atoms with Gasteiger partial charge in [-0.3, -0.25) is 9.80 Å². The van der Waals surface area contributed by atoms with Crippen LogP contribution in [-0.2, 0) is 4.74 Å². The van der Waals surface area contributed by atoms with Crippen molar-refractivity contribution >= 4 is 45.7 Å². The number of hydrazine groups is 1. The number of rotatable bonds is 5. The van der Waals surface area contributed by atoms with E-state index >= 15 is 0 Å². The molecule has 0 bridgehead atoms. The van der Waals surface area contributed by atoms with Crippen molar-refractivity contribution in [3.63, 3.8) is 0 Å². The number of thioether (sulfide) groups is 2. The summed E-state index contributed by atoms with van der Waals surface area (Å²) in [6, 6.07) is 0. The quantitative estimate of drug-likeness (QED) is 0.619. The molecule has 0 aromatic carbocycles. The third-order valence-electron chi connectivity index (χ3n) is 2.23. The molecule has 0 unspecified atom stereocenters. The zero-order valence-corrected chi connectivity index (χ0v) is 12.9. The maximum atomic E-state index is 11.6. The summed E-state index contributed by atoms with van der Waals surface area (Å²) < 4.78 is 4.58. The molecule has 0 radical (unpaired) electrons. The number of carbonyl (C=O) groups excluding carboxylic acids is 2. The fraction of sp³-hybridized carbons (Fsp3) is 0.455. The van der Waals surface area contributed by atoms with Gasteiger partial charge in [0.05, 0.1) is 12.1 Å². The van der Waals surface area contributed by atoms with Gasteiger partial charge in [0.25, 0.3) is 5.24 Å². The van der Waals surface area contributed by atoms with Crippen molar-refractivity contribution in [1.29, 1.82) is 0 Å². The predicted molar refractivity (Wildman–Crippen MR) is 80.3 cm³/mol. The fourth-order valence-corrected chi connectivity index (χ4v) is 2.87. The smallest absolute Gasteiger partial charge is 0.371 e. The Hall–Kier alpha value is -0.630. The van der Waals surface area contributed by atoms with Gasteiger partial charge in [0.1, 0.15) is 0 Å². The van der Waals surface area contributed by atoms with E-state index in [9.17, 15) is 9.59 Å². The van der Waals surface area contributed by atoms with Crippen LogP contribution < -0.4 is 5.43 Å². The van der Waals surface area contributed by atoms with Gasteiger partial charge in [-0.2, -0.15) is 0 Å². The highest BCUT2D eigenvalue weighted by atomic mass is 35.5. The van der Waals surface area contributed by atoms with Gasteiger partial charge in [-0.1, -0.05) is 29.9 Å². The number of allylic oxidation sites excluding steroid dienone is 2. The van der Waals surface area contributed by atoms with Crippen LogP contribution in [0, 0.1) is 0 Å². The number of carbonyl (C=O) groups is 2. The number of amides is 1. The highest BCUT2D eigenvalue weighted by Crippen LogP contribution is 2.28. The molecule has 1 heterocycles. The largest absolute Gasteiger partial charge is 0.461 e. The van der Waals surface area contributed by atoms with E-state index in [1.54, 1.807) is 0 Å². The van der Waals surface area contributed by atoms with Crippen LogP contribution in [0.15, 0.2) is 22.6 Å². The third kappa shape index (κ3) is 5.48. The summed E-state index contributed by atoms with van der Waals surface area (Å²) in [4.78, 5) is 23.5. The number of hydrogen-bond donors (Lipinski definition) is 1. The van der Waals surface area contributed by atoms with E-state index in [1.165, 1.54) is 30.0 Å².